The number of thiophene rings is 1. The van der Waals surface area contributed by atoms with Gasteiger partial charge in [0.2, 0.25) is 0 Å². The summed E-state index contributed by atoms with van der Waals surface area (Å²) < 4.78 is 7.03. The van der Waals surface area contributed by atoms with Crippen LogP contribution in [-0.2, 0) is 11.3 Å². The second-order valence-corrected chi connectivity index (χ2v) is 5.64. The van der Waals surface area contributed by atoms with E-state index in [9.17, 15) is 0 Å². The molecule has 2 rings (SSSR count). The van der Waals surface area contributed by atoms with Crippen molar-refractivity contribution in [1.82, 2.24) is 15.1 Å². The van der Waals surface area contributed by atoms with Crippen LogP contribution in [0.2, 0.25) is 5.02 Å². The molecule has 2 aromatic rings. The average molecular weight is 300 g/mol. The Morgan fingerprint density at radius 1 is 1.58 bits per heavy atom. The van der Waals surface area contributed by atoms with E-state index in [0.29, 0.717) is 18.2 Å². The summed E-state index contributed by atoms with van der Waals surface area (Å²) >= 11 is 8.04. The molecule has 0 saturated carbocycles. The van der Waals surface area contributed by atoms with Gasteiger partial charge in [0.15, 0.2) is 0 Å². The van der Waals surface area contributed by atoms with Gasteiger partial charge in [-0.1, -0.05) is 11.6 Å². The third-order valence-electron chi connectivity index (χ3n) is 3.07. The van der Waals surface area contributed by atoms with Crippen LogP contribution in [0.5, 0.6) is 0 Å². The maximum atomic E-state index is 6.31. The van der Waals surface area contributed by atoms with E-state index in [1.54, 1.807) is 24.6 Å². The van der Waals surface area contributed by atoms with Gasteiger partial charge in [-0.05, 0) is 31.0 Å². The maximum Gasteiger partial charge on any atom is 0.0857 e. The van der Waals surface area contributed by atoms with Crippen LogP contribution in [0.3, 0.4) is 0 Å². The molecule has 0 aliphatic rings. The van der Waals surface area contributed by atoms with Crippen molar-refractivity contribution in [1.29, 1.82) is 0 Å². The molecule has 0 spiro atoms. The van der Waals surface area contributed by atoms with Crippen LogP contribution < -0.4 is 5.32 Å². The van der Waals surface area contributed by atoms with Crippen molar-refractivity contribution in [2.24, 2.45) is 0 Å². The molecule has 2 aromatic heterocycles. The number of hydrogen-bond donors (Lipinski definition) is 1. The third-order valence-corrected chi connectivity index (χ3v) is 4.44. The third kappa shape index (κ3) is 3.00. The normalized spacial score (nSPS) is 12.8. The lowest BCUT2D eigenvalue weighted by Gasteiger charge is -2.18. The maximum absolute atomic E-state index is 6.31. The second kappa shape index (κ2) is 6.52. The van der Waals surface area contributed by atoms with Crippen LogP contribution in [0.25, 0.3) is 0 Å². The molecule has 6 heteroatoms. The number of methoxy groups -OCH3 is 1. The molecule has 2 heterocycles. The Morgan fingerprint density at radius 3 is 2.95 bits per heavy atom. The van der Waals surface area contributed by atoms with Gasteiger partial charge in [0, 0.05) is 12.0 Å². The number of nitrogens with one attached hydrogen (secondary N) is 1. The smallest absolute Gasteiger partial charge is 0.0857 e. The molecule has 0 saturated heterocycles. The van der Waals surface area contributed by atoms with Gasteiger partial charge < -0.3 is 10.1 Å². The molecular weight excluding hydrogens is 282 g/mol. The number of halogens is 1. The molecule has 1 unspecified atom stereocenters. The molecule has 0 aliphatic heterocycles. The molecule has 104 valence electrons. The van der Waals surface area contributed by atoms with E-state index in [-0.39, 0.29) is 6.04 Å². The first-order valence-electron chi connectivity index (χ1n) is 6.10. The molecule has 4 nitrogen and oxygen atoms in total. The van der Waals surface area contributed by atoms with E-state index in [4.69, 9.17) is 16.3 Å². The van der Waals surface area contributed by atoms with Gasteiger partial charge >= 0.3 is 0 Å². The highest BCUT2D eigenvalue weighted by atomic mass is 35.5. The molecule has 0 bridgehead atoms. The molecule has 0 fully saturated rings. The van der Waals surface area contributed by atoms with Crippen molar-refractivity contribution in [3.8, 4) is 0 Å². The van der Waals surface area contributed by atoms with Crippen molar-refractivity contribution < 1.29 is 4.74 Å². The summed E-state index contributed by atoms with van der Waals surface area (Å²) in [5.74, 6) is 0. The number of ether oxygens (including phenoxy) is 1. The summed E-state index contributed by atoms with van der Waals surface area (Å²) in [4.78, 5) is 1.27. The minimum atomic E-state index is 0.0619. The van der Waals surface area contributed by atoms with Gasteiger partial charge in [0.05, 0.1) is 36.1 Å². The standard InChI is InChI=1S/C13H18ClN3OS/c1-9-4-7-19-13(9)11(15-2)12-10(14)8-16-17(12)5-6-18-3/h4,7-8,11,15H,5-6H2,1-3H3. The summed E-state index contributed by atoms with van der Waals surface area (Å²) in [7, 11) is 3.62. The Hall–Kier alpha value is -0.880. The van der Waals surface area contributed by atoms with E-state index in [2.05, 4.69) is 28.8 Å². The van der Waals surface area contributed by atoms with E-state index < -0.39 is 0 Å². The first kappa shape index (κ1) is 14.5. The Balaban J connectivity index is 2.38. The number of nitrogens with zero attached hydrogens (tertiary/aromatic N) is 2. The quantitative estimate of drug-likeness (QED) is 0.891. The van der Waals surface area contributed by atoms with Crippen LogP contribution in [0.1, 0.15) is 22.2 Å². The largest absolute Gasteiger partial charge is 0.383 e. The van der Waals surface area contributed by atoms with Crippen molar-refractivity contribution in [3.05, 3.63) is 38.8 Å². The number of rotatable bonds is 6. The van der Waals surface area contributed by atoms with Gasteiger partial charge in [-0.25, -0.2) is 0 Å². The SMILES string of the molecule is CNC(c1sccc1C)c1c(Cl)cnn1CCOC. The van der Waals surface area contributed by atoms with E-state index in [0.717, 1.165) is 5.69 Å². The minimum Gasteiger partial charge on any atom is -0.383 e. The van der Waals surface area contributed by atoms with Crippen molar-refractivity contribution >= 4 is 22.9 Å². The summed E-state index contributed by atoms with van der Waals surface area (Å²) in [6.45, 7) is 3.42. The predicted molar refractivity (Wildman–Crippen MR) is 79.1 cm³/mol. The van der Waals surface area contributed by atoms with Crippen molar-refractivity contribution in [3.63, 3.8) is 0 Å². The molecule has 1 N–H and O–H groups in total. The molecule has 19 heavy (non-hydrogen) atoms. The van der Waals surface area contributed by atoms with Crippen LogP contribution >= 0.6 is 22.9 Å². The summed E-state index contributed by atoms with van der Waals surface area (Å²) in [5.41, 5.74) is 2.26. The topological polar surface area (TPSA) is 39.1 Å². The molecule has 0 radical (unpaired) electrons. The van der Waals surface area contributed by atoms with Crippen molar-refractivity contribution in [2.45, 2.75) is 19.5 Å². The Kier molecular flexibility index (Phi) is 4.99. The van der Waals surface area contributed by atoms with E-state index in [1.165, 1.54) is 10.4 Å². The Labute approximate surface area is 122 Å². The monoisotopic (exact) mass is 299 g/mol. The van der Waals surface area contributed by atoms with Gasteiger partial charge in [0.25, 0.3) is 0 Å². The molecule has 0 aliphatic carbocycles. The van der Waals surface area contributed by atoms with Crippen LogP contribution in [0.4, 0.5) is 0 Å². The van der Waals surface area contributed by atoms with E-state index in [1.807, 2.05) is 11.7 Å². The fourth-order valence-corrected chi connectivity index (χ4v) is 3.38. The molecule has 0 aromatic carbocycles. The lowest BCUT2D eigenvalue weighted by atomic mass is 10.1. The van der Waals surface area contributed by atoms with Crippen LogP contribution in [-0.4, -0.2) is 30.5 Å². The summed E-state index contributed by atoms with van der Waals surface area (Å²) in [6.07, 6.45) is 1.69. The molecule has 1 atom stereocenters. The summed E-state index contributed by atoms with van der Waals surface area (Å²) in [6, 6.07) is 2.18. The van der Waals surface area contributed by atoms with Gasteiger partial charge in [-0.2, -0.15) is 5.10 Å². The van der Waals surface area contributed by atoms with Gasteiger partial charge in [-0.15, -0.1) is 11.3 Å². The highest BCUT2D eigenvalue weighted by molar-refractivity contribution is 7.10. The summed E-state index contributed by atoms with van der Waals surface area (Å²) in [5, 5.41) is 10.4. The number of aromatic nitrogens is 2. The molecular formula is C13H18ClN3OS. The fraction of sp³-hybridized carbons (Fsp3) is 0.462. The van der Waals surface area contributed by atoms with Crippen LogP contribution in [0, 0.1) is 6.92 Å². The zero-order valence-corrected chi connectivity index (χ0v) is 12.9. The lowest BCUT2D eigenvalue weighted by Crippen LogP contribution is -2.22. The first-order valence-corrected chi connectivity index (χ1v) is 7.36. The van der Waals surface area contributed by atoms with Gasteiger partial charge in [0.1, 0.15) is 0 Å². The predicted octanol–water partition coefficient (Wildman–Crippen LogP) is 2.86. The second-order valence-electron chi connectivity index (χ2n) is 4.28. The fourth-order valence-electron chi connectivity index (χ4n) is 2.09. The van der Waals surface area contributed by atoms with Gasteiger partial charge in [-0.3, -0.25) is 4.68 Å². The first-order chi connectivity index (χ1) is 9.19. The zero-order valence-electron chi connectivity index (χ0n) is 11.3. The van der Waals surface area contributed by atoms with Crippen molar-refractivity contribution in [2.75, 3.05) is 20.8 Å². The highest BCUT2D eigenvalue weighted by Crippen LogP contribution is 2.32. The lowest BCUT2D eigenvalue weighted by molar-refractivity contribution is 0.182. The highest BCUT2D eigenvalue weighted by Gasteiger charge is 2.23. The Bertz CT molecular complexity index is 538. The van der Waals surface area contributed by atoms with E-state index >= 15 is 0 Å². The van der Waals surface area contributed by atoms with Crippen LogP contribution in [0.15, 0.2) is 17.6 Å². The Morgan fingerprint density at radius 2 is 2.37 bits per heavy atom. The zero-order chi connectivity index (χ0) is 13.8. The number of hydrogen-bond acceptors (Lipinski definition) is 4. The molecule has 0 amide bonds. The number of aryl methyl sites for hydroxylation is 1. The average Bonchev–Trinajstić information content (AvgIpc) is 2.97. The minimum absolute atomic E-state index is 0.0619.